The van der Waals surface area contributed by atoms with Gasteiger partial charge in [-0.25, -0.2) is 5.84 Å². The van der Waals surface area contributed by atoms with E-state index in [9.17, 15) is 0 Å². The fourth-order valence-corrected chi connectivity index (χ4v) is 2.41. The summed E-state index contributed by atoms with van der Waals surface area (Å²) in [6.07, 6.45) is 8.67. The van der Waals surface area contributed by atoms with Crippen LogP contribution in [-0.4, -0.2) is 24.6 Å². The Balaban J connectivity index is 1.93. The highest BCUT2D eigenvalue weighted by Crippen LogP contribution is 2.21. The normalized spacial score (nSPS) is 29.4. The molecule has 4 nitrogen and oxygen atoms in total. The van der Waals surface area contributed by atoms with Crippen LogP contribution in [0.4, 0.5) is 0 Å². The van der Waals surface area contributed by atoms with Crippen LogP contribution in [0, 0.1) is 0 Å². The van der Waals surface area contributed by atoms with E-state index in [4.69, 9.17) is 15.6 Å². The summed E-state index contributed by atoms with van der Waals surface area (Å²) in [5, 5.41) is 0. The Hall–Kier alpha value is -0.610. The molecular weight excluding hydrogens is 190 g/mol. The Labute approximate surface area is 91.2 Å². The first-order valence-corrected chi connectivity index (χ1v) is 6.06. The van der Waals surface area contributed by atoms with Gasteiger partial charge in [-0.05, 0) is 25.7 Å². The molecule has 0 bridgehead atoms. The highest BCUT2D eigenvalue weighted by atomic mass is 16.5. The van der Waals surface area contributed by atoms with Gasteiger partial charge in [0, 0.05) is 6.61 Å². The summed E-state index contributed by atoms with van der Waals surface area (Å²) in [7, 11) is 0. The quantitative estimate of drug-likeness (QED) is 0.314. The van der Waals surface area contributed by atoms with Gasteiger partial charge >= 0.3 is 0 Å². The number of nitrogens with one attached hydrogen (secondary N) is 1. The molecule has 0 aromatic carbocycles. The van der Waals surface area contributed by atoms with E-state index < -0.39 is 0 Å². The van der Waals surface area contributed by atoms with E-state index in [1.165, 1.54) is 32.1 Å². The van der Waals surface area contributed by atoms with Crippen LogP contribution in [0.5, 0.6) is 0 Å². The molecule has 2 fully saturated rings. The number of aliphatic imine (C=N–C) groups is 1. The second kappa shape index (κ2) is 5.47. The fourth-order valence-electron chi connectivity index (χ4n) is 2.41. The van der Waals surface area contributed by atoms with E-state index in [1.807, 2.05) is 0 Å². The maximum Gasteiger partial charge on any atom is 0.140 e. The lowest BCUT2D eigenvalue weighted by atomic mass is 9.96. The second-order valence-corrected chi connectivity index (χ2v) is 4.45. The number of hydrogen-bond donors (Lipinski definition) is 2. The molecule has 0 amide bonds. The molecule has 2 rings (SSSR count). The molecule has 86 valence electrons. The number of hydrogen-bond acceptors (Lipinski definition) is 3. The first kappa shape index (κ1) is 10.9. The largest absolute Gasteiger partial charge is 0.370 e. The minimum atomic E-state index is 0.122. The molecule has 1 aliphatic carbocycles. The summed E-state index contributed by atoms with van der Waals surface area (Å²) < 4.78 is 5.57. The van der Waals surface area contributed by atoms with Gasteiger partial charge in [-0.3, -0.25) is 4.99 Å². The summed E-state index contributed by atoms with van der Waals surface area (Å²) in [5.41, 5.74) is 2.72. The molecule has 1 unspecified atom stereocenters. The Bertz CT molecular complexity index is 218. The van der Waals surface area contributed by atoms with Crippen molar-refractivity contribution in [3.63, 3.8) is 0 Å². The average molecular weight is 211 g/mol. The number of nitrogens with two attached hydrogens (primary N) is 1. The molecule has 1 heterocycles. The Kier molecular flexibility index (Phi) is 3.97. The van der Waals surface area contributed by atoms with Crippen molar-refractivity contribution in [2.24, 2.45) is 10.8 Å². The Morgan fingerprint density at radius 3 is 2.53 bits per heavy atom. The molecule has 1 saturated heterocycles. The molecule has 0 aromatic heterocycles. The predicted molar refractivity (Wildman–Crippen MR) is 60.6 cm³/mol. The van der Waals surface area contributed by atoms with Crippen LogP contribution in [-0.2, 0) is 4.74 Å². The second-order valence-electron chi connectivity index (χ2n) is 4.45. The standard InChI is InChI=1S/C11H21N3O/c12-14-11(10-7-4-8-15-10)13-9-5-2-1-3-6-9/h9-10H,1-8,12H2,(H,13,14). The first-order chi connectivity index (χ1) is 7.40. The molecule has 3 N–H and O–H groups in total. The molecule has 1 saturated carbocycles. The van der Waals surface area contributed by atoms with Crippen molar-refractivity contribution in [1.82, 2.24) is 5.43 Å². The monoisotopic (exact) mass is 211 g/mol. The number of hydrazine groups is 1. The van der Waals surface area contributed by atoms with Gasteiger partial charge in [0.2, 0.25) is 0 Å². The fraction of sp³-hybridized carbons (Fsp3) is 0.909. The summed E-state index contributed by atoms with van der Waals surface area (Å²) in [5.74, 6) is 6.37. The van der Waals surface area contributed by atoms with Crippen LogP contribution in [0.3, 0.4) is 0 Å². The van der Waals surface area contributed by atoms with Crippen molar-refractivity contribution >= 4 is 5.84 Å². The number of nitrogens with zero attached hydrogens (tertiary/aromatic N) is 1. The summed E-state index contributed by atoms with van der Waals surface area (Å²) in [6.45, 7) is 0.843. The summed E-state index contributed by atoms with van der Waals surface area (Å²) >= 11 is 0. The van der Waals surface area contributed by atoms with Crippen LogP contribution in [0.1, 0.15) is 44.9 Å². The van der Waals surface area contributed by atoms with Gasteiger partial charge in [0.15, 0.2) is 0 Å². The number of ether oxygens (including phenoxy) is 1. The minimum absolute atomic E-state index is 0.122. The van der Waals surface area contributed by atoms with Gasteiger partial charge in [-0.1, -0.05) is 19.3 Å². The molecule has 0 radical (unpaired) electrons. The molecule has 1 aliphatic heterocycles. The van der Waals surface area contributed by atoms with Crippen LogP contribution >= 0.6 is 0 Å². The predicted octanol–water partition coefficient (Wildman–Crippen LogP) is 1.36. The van der Waals surface area contributed by atoms with Crippen molar-refractivity contribution in [3.05, 3.63) is 0 Å². The van der Waals surface area contributed by atoms with Gasteiger partial charge in [0.25, 0.3) is 0 Å². The zero-order valence-electron chi connectivity index (χ0n) is 9.24. The lowest BCUT2D eigenvalue weighted by Gasteiger charge is -2.21. The smallest absolute Gasteiger partial charge is 0.140 e. The molecule has 15 heavy (non-hydrogen) atoms. The van der Waals surface area contributed by atoms with E-state index in [0.717, 1.165) is 25.3 Å². The third-order valence-corrected chi connectivity index (χ3v) is 3.28. The zero-order valence-corrected chi connectivity index (χ0v) is 9.24. The summed E-state index contributed by atoms with van der Waals surface area (Å²) in [6, 6.07) is 0.467. The number of rotatable bonds is 2. The third kappa shape index (κ3) is 2.92. The van der Waals surface area contributed by atoms with Crippen molar-refractivity contribution in [1.29, 1.82) is 0 Å². The highest BCUT2D eigenvalue weighted by molar-refractivity contribution is 5.86. The van der Waals surface area contributed by atoms with E-state index in [0.29, 0.717) is 6.04 Å². The molecule has 0 aromatic rings. The third-order valence-electron chi connectivity index (χ3n) is 3.28. The maximum atomic E-state index is 5.57. The van der Waals surface area contributed by atoms with Gasteiger partial charge in [-0.2, -0.15) is 0 Å². The molecular formula is C11H21N3O. The maximum absolute atomic E-state index is 5.57. The van der Waals surface area contributed by atoms with E-state index in [1.54, 1.807) is 0 Å². The Morgan fingerprint density at radius 2 is 1.93 bits per heavy atom. The van der Waals surface area contributed by atoms with Gasteiger partial charge in [0.1, 0.15) is 11.9 Å². The van der Waals surface area contributed by atoms with Crippen molar-refractivity contribution in [2.45, 2.75) is 57.1 Å². The molecule has 0 spiro atoms. The molecule has 2 aliphatic rings. The van der Waals surface area contributed by atoms with E-state index in [-0.39, 0.29) is 6.10 Å². The van der Waals surface area contributed by atoms with Gasteiger partial charge in [0.05, 0.1) is 6.04 Å². The zero-order chi connectivity index (χ0) is 10.5. The van der Waals surface area contributed by atoms with Gasteiger partial charge < -0.3 is 10.2 Å². The van der Waals surface area contributed by atoms with Gasteiger partial charge in [-0.15, -0.1) is 0 Å². The SMILES string of the molecule is NNC(=NC1CCCCC1)C1CCCO1. The molecule has 4 heteroatoms. The Morgan fingerprint density at radius 1 is 1.13 bits per heavy atom. The van der Waals surface area contributed by atoms with Crippen LogP contribution in [0.25, 0.3) is 0 Å². The van der Waals surface area contributed by atoms with Crippen molar-refractivity contribution in [3.8, 4) is 0 Å². The first-order valence-electron chi connectivity index (χ1n) is 6.06. The van der Waals surface area contributed by atoms with Crippen LogP contribution < -0.4 is 11.3 Å². The van der Waals surface area contributed by atoms with E-state index in [2.05, 4.69) is 5.43 Å². The van der Waals surface area contributed by atoms with Crippen LogP contribution in [0.2, 0.25) is 0 Å². The minimum Gasteiger partial charge on any atom is -0.370 e. The lowest BCUT2D eigenvalue weighted by molar-refractivity contribution is 0.155. The average Bonchev–Trinajstić information content (AvgIpc) is 2.81. The highest BCUT2D eigenvalue weighted by Gasteiger charge is 2.22. The van der Waals surface area contributed by atoms with E-state index >= 15 is 0 Å². The van der Waals surface area contributed by atoms with Crippen LogP contribution in [0.15, 0.2) is 4.99 Å². The number of amidine groups is 1. The summed E-state index contributed by atoms with van der Waals surface area (Å²) in [4.78, 5) is 4.69. The lowest BCUT2D eigenvalue weighted by Crippen LogP contribution is -2.40. The van der Waals surface area contributed by atoms with Crippen molar-refractivity contribution in [2.75, 3.05) is 6.61 Å². The van der Waals surface area contributed by atoms with Crippen molar-refractivity contribution < 1.29 is 4.74 Å². The molecule has 1 atom stereocenters. The topological polar surface area (TPSA) is 59.6 Å².